The number of aliphatic hydroxyl groups excluding tert-OH is 1. The Morgan fingerprint density at radius 2 is 1.87 bits per heavy atom. The van der Waals surface area contributed by atoms with E-state index in [-0.39, 0.29) is 36.8 Å². The maximum Gasteiger partial charge on any atom is 0.247 e. The number of carbonyl (C=O) groups is 3. The number of benzene rings is 1. The fourth-order valence-electron chi connectivity index (χ4n) is 4.65. The number of hydrogen-bond acceptors (Lipinski definition) is 5. The lowest BCUT2D eigenvalue weighted by Crippen LogP contribution is -2.45. The normalized spacial score (nSPS) is 27.5. The Morgan fingerprint density at radius 3 is 2.43 bits per heavy atom. The van der Waals surface area contributed by atoms with Crippen LogP contribution in [0, 0.1) is 23.7 Å². The molecule has 1 heterocycles. The van der Waals surface area contributed by atoms with Gasteiger partial charge in [0.2, 0.25) is 17.7 Å². The van der Waals surface area contributed by atoms with E-state index in [1.54, 1.807) is 38.4 Å². The third-order valence-corrected chi connectivity index (χ3v) is 6.10. The average Bonchev–Trinajstić information content (AvgIpc) is 3.05. The second-order valence-electron chi connectivity index (χ2n) is 7.62. The van der Waals surface area contributed by atoms with Crippen molar-refractivity contribution in [2.24, 2.45) is 23.7 Å². The van der Waals surface area contributed by atoms with Crippen LogP contribution < -0.4 is 15.4 Å². The lowest BCUT2D eigenvalue weighted by molar-refractivity contribution is -0.140. The highest BCUT2D eigenvalue weighted by molar-refractivity contribution is 6.01. The summed E-state index contributed by atoms with van der Waals surface area (Å²) in [4.78, 5) is 40.5. The Bertz CT molecular complexity index is 823. The van der Waals surface area contributed by atoms with Crippen LogP contribution in [0.25, 0.3) is 0 Å². The molecule has 3 rings (SSSR count). The first kappa shape index (κ1) is 21.8. The van der Waals surface area contributed by atoms with Gasteiger partial charge in [-0.3, -0.25) is 14.4 Å². The largest absolute Gasteiger partial charge is 0.497 e. The third-order valence-electron chi connectivity index (χ3n) is 6.10. The van der Waals surface area contributed by atoms with E-state index in [1.807, 2.05) is 19.1 Å². The summed E-state index contributed by atoms with van der Waals surface area (Å²) < 4.78 is 5.13. The summed E-state index contributed by atoms with van der Waals surface area (Å²) in [7, 11) is 3.12. The van der Waals surface area contributed by atoms with Crippen molar-refractivity contribution in [2.45, 2.75) is 19.4 Å². The molecule has 30 heavy (non-hydrogen) atoms. The number of anilines is 1. The average molecular weight is 415 g/mol. The van der Waals surface area contributed by atoms with Gasteiger partial charge in [-0.15, -0.1) is 0 Å². The van der Waals surface area contributed by atoms with E-state index >= 15 is 0 Å². The fraction of sp³-hybridized carbons (Fsp3) is 0.500. The number of fused-ring (bicyclic) bond motifs is 1. The van der Waals surface area contributed by atoms with Crippen molar-refractivity contribution < 1.29 is 24.2 Å². The molecule has 1 aromatic carbocycles. The number of nitrogens with one attached hydrogen (secondary N) is 2. The summed E-state index contributed by atoms with van der Waals surface area (Å²) in [6.45, 7) is 1.75. The molecular formula is C22H29N3O5. The lowest BCUT2D eigenvalue weighted by atomic mass is 9.69. The first-order chi connectivity index (χ1) is 14.5. The summed E-state index contributed by atoms with van der Waals surface area (Å²) in [5.74, 6) is -1.82. The quantitative estimate of drug-likeness (QED) is 0.577. The second kappa shape index (κ2) is 9.30. The molecule has 8 nitrogen and oxygen atoms in total. The van der Waals surface area contributed by atoms with Crippen LogP contribution in [0.3, 0.4) is 0 Å². The predicted octanol–water partition coefficient (Wildman–Crippen LogP) is 1.03. The van der Waals surface area contributed by atoms with Gasteiger partial charge in [-0.2, -0.15) is 0 Å². The number of allylic oxidation sites excluding steroid dienone is 1. The molecule has 0 spiro atoms. The molecule has 2 aliphatic rings. The predicted molar refractivity (Wildman–Crippen MR) is 112 cm³/mol. The van der Waals surface area contributed by atoms with Crippen LogP contribution in [0.1, 0.15) is 13.3 Å². The molecule has 1 fully saturated rings. The lowest BCUT2D eigenvalue weighted by Gasteiger charge is -2.33. The van der Waals surface area contributed by atoms with Crippen LogP contribution in [0.2, 0.25) is 0 Å². The van der Waals surface area contributed by atoms with Gasteiger partial charge in [0.15, 0.2) is 0 Å². The van der Waals surface area contributed by atoms with Gasteiger partial charge < -0.3 is 25.4 Å². The number of likely N-dealkylation sites (tertiary alicyclic amines) is 1. The minimum absolute atomic E-state index is 0.0393. The molecule has 0 saturated carbocycles. The highest BCUT2D eigenvalue weighted by Gasteiger charge is 2.56. The smallest absolute Gasteiger partial charge is 0.247 e. The maximum atomic E-state index is 13.3. The van der Waals surface area contributed by atoms with Crippen molar-refractivity contribution >= 4 is 23.4 Å². The van der Waals surface area contributed by atoms with Crippen molar-refractivity contribution in [2.75, 3.05) is 32.6 Å². The van der Waals surface area contributed by atoms with Gasteiger partial charge in [-0.1, -0.05) is 19.1 Å². The van der Waals surface area contributed by atoms with Gasteiger partial charge in [0, 0.05) is 25.2 Å². The molecule has 3 amide bonds. The van der Waals surface area contributed by atoms with E-state index in [0.29, 0.717) is 17.9 Å². The van der Waals surface area contributed by atoms with E-state index in [2.05, 4.69) is 10.6 Å². The van der Waals surface area contributed by atoms with Gasteiger partial charge in [-0.05, 0) is 36.6 Å². The highest BCUT2D eigenvalue weighted by atomic mass is 16.5. The molecule has 8 heteroatoms. The molecule has 0 radical (unpaired) electrons. The zero-order valence-corrected chi connectivity index (χ0v) is 17.5. The summed E-state index contributed by atoms with van der Waals surface area (Å²) in [6.07, 6.45) is 4.56. The number of ether oxygens (including phenoxy) is 1. The fourth-order valence-corrected chi connectivity index (χ4v) is 4.65. The van der Waals surface area contributed by atoms with Crippen molar-refractivity contribution in [1.82, 2.24) is 10.2 Å². The number of rotatable bonds is 7. The Hall–Kier alpha value is -2.87. The number of carbonyl (C=O) groups excluding carboxylic acids is 3. The van der Waals surface area contributed by atoms with Crippen LogP contribution in [0.4, 0.5) is 5.69 Å². The number of amides is 3. The van der Waals surface area contributed by atoms with E-state index in [4.69, 9.17) is 4.74 Å². The molecule has 5 atom stereocenters. The van der Waals surface area contributed by atoms with Crippen LogP contribution >= 0.6 is 0 Å². The molecule has 1 saturated heterocycles. The summed E-state index contributed by atoms with van der Waals surface area (Å²) >= 11 is 0. The van der Waals surface area contributed by atoms with Gasteiger partial charge >= 0.3 is 0 Å². The number of β-amino-alcohol motifs (C(OH)–C–C–N with tert-alkyl or cyclic N) is 1. The van der Waals surface area contributed by atoms with Crippen LogP contribution in [0.15, 0.2) is 36.4 Å². The number of aliphatic hydroxyl groups is 1. The maximum absolute atomic E-state index is 13.3. The highest BCUT2D eigenvalue weighted by Crippen LogP contribution is 2.44. The first-order valence-corrected chi connectivity index (χ1v) is 10.2. The Labute approximate surface area is 176 Å². The van der Waals surface area contributed by atoms with Crippen LogP contribution in [-0.2, 0) is 14.4 Å². The number of methoxy groups -OCH3 is 1. The zero-order valence-electron chi connectivity index (χ0n) is 17.5. The van der Waals surface area contributed by atoms with Crippen LogP contribution in [-0.4, -0.2) is 61.1 Å². The van der Waals surface area contributed by atoms with E-state index in [9.17, 15) is 19.5 Å². The molecular weight excluding hydrogens is 386 g/mol. The van der Waals surface area contributed by atoms with E-state index in [1.165, 1.54) is 4.90 Å². The van der Waals surface area contributed by atoms with Crippen molar-refractivity contribution in [3.63, 3.8) is 0 Å². The summed E-state index contributed by atoms with van der Waals surface area (Å²) in [6, 6.07) is 6.12. The van der Waals surface area contributed by atoms with Crippen molar-refractivity contribution in [3.8, 4) is 5.75 Å². The monoisotopic (exact) mass is 415 g/mol. The third kappa shape index (κ3) is 3.92. The van der Waals surface area contributed by atoms with Gasteiger partial charge in [0.25, 0.3) is 0 Å². The molecule has 3 N–H and O–H groups in total. The van der Waals surface area contributed by atoms with Gasteiger partial charge in [0.1, 0.15) is 11.8 Å². The molecule has 1 aliphatic carbocycles. The minimum atomic E-state index is -0.794. The molecule has 0 unspecified atom stereocenters. The van der Waals surface area contributed by atoms with Gasteiger partial charge in [0.05, 0.1) is 25.6 Å². The minimum Gasteiger partial charge on any atom is -0.497 e. The number of hydrogen-bond donors (Lipinski definition) is 3. The van der Waals surface area contributed by atoms with Crippen molar-refractivity contribution in [3.05, 3.63) is 36.4 Å². The standard InChI is InChI=1S/C22H29N3O5/c1-4-13-5-10-16-18(17(13)20(27)23-2)22(29)25(11-12-26)19(16)21(28)24-14-6-8-15(30-3)9-7-14/h5-10,13,16-19,26H,4,11-12H2,1-3H3,(H,23,27)(H,24,28)/t13-,16+,17-,18+,19+/m1/s1. The molecule has 1 aromatic rings. The van der Waals surface area contributed by atoms with E-state index < -0.39 is 23.8 Å². The Morgan fingerprint density at radius 1 is 1.17 bits per heavy atom. The molecule has 1 aliphatic heterocycles. The van der Waals surface area contributed by atoms with Crippen LogP contribution in [0.5, 0.6) is 5.75 Å². The Balaban J connectivity index is 1.92. The van der Waals surface area contributed by atoms with E-state index in [0.717, 1.165) is 0 Å². The van der Waals surface area contributed by atoms with Gasteiger partial charge in [-0.25, -0.2) is 0 Å². The Kier molecular flexibility index (Phi) is 6.77. The summed E-state index contributed by atoms with van der Waals surface area (Å²) in [5, 5.41) is 15.0. The van der Waals surface area contributed by atoms with Crippen molar-refractivity contribution in [1.29, 1.82) is 0 Å². The second-order valence-corrected chi connectivity index (χ2v) is 7.62. The first-order valence-electron chi connectivity index (χ1n) is 10.2. The molecule has 162 valence electrons. The number of nitrogens with zero attached hydrogens (tertiary/aromatic N) is 1. The molecule has 0 bridgehead atoms. The summed E-state index contributed by atoms with van der Waals surface area (Å²) in [5.41, 5.74) is 0.578. The topological polar surface area (TPSA) is 108 Å². The SMILES string of the molecule is CC[C@@H]1C=C[C@H]2[C@H](C(=O)N(CCO)[C@@H]2C(=O)Nc2ccc(OC)cc2)[C@@H]1C(=O)NC. The molecule has 0 aromatic heterocycles. The zero-order chi connectivity index (χ0) is 21.8.